The van der Waals surface area contributed by atoms with E-state index >= 15 is 0 Å². The van der Waals surface area contributed by atoms with Crippen LogP contribution in [0.3, 0.4) is 0 Å². The largest absolute Gasteiger partial charge is 0.376 e. The normalized spacial score (nSPS) is 13.5. The summed E-state index contributed by atoms with van der Waals surface area (Å²) in [5.41, 5.74) is -0.0961. The first-order valence-corrected chi connectivity index (χ1v) is 8.32. The highest BCUT2D eigenvalue weighted by molar-refractivity contribution is 4.77. The van der Waals surface area contributed by atoms with Crippen molar-refractivity contribution >= 4 is 0 Å². The van der Waals surface area contributed by atoms with Gasteiger partial charge in [-0.25, -0.2) is 0 Å². The van der Waals surface area contributed by atoms with Gasteiger partial charge in [0.2, 0.25) is 0 Å². The Morgan fingerprint density at radius 2 is 0.950 bits per heavy atom. The van der Waals surface area contributed by atoms with Crippen LogP contribution in [0.4, 0.5) is 0 Å². The number of ether oxygens (including phenoxy) is 2. The average Bonchev–Trinajstić information content (AvgIpc) is 2.25. The third kappa shape index (κ3) is 11.7. The lowest BCUT2D eigenvalue weighted by molar-refractivity contribution is -0.0673. The van der Waals surface area contributed by atoms with E-state index in [4.69, 9.17) is 9.47 Å². The topological polar surface area (TPSA) is 18.5 Å². The quantitative estimate of drug-likeness (QED) is 0.503. The maximum atomic E-state index is 6.02. The van der Waals surface area contributed by atoms with E-state index in [1.165, 1.54) is 0 Å². The van der Waals surface area contributed by atoms with Crippen LogP contribution >= 0.6 is 0 Å². The Hall–Kier alpha value is -0.0800. The third-order valence-electron chi connectivity index (χ3n) is 3.71. The molecule has 0 aliphatic carbocycles. The van der Waals surface area contributed by atoms with Gasteiger partial charge < -0.3 is 9.47 Å². The predicted octanol–water partition coefficient (Wildman–Crippen LogP) is 5.45. The molecule has 122 valence electrons. The summed E-state index contributed by atoms with van der Waals surface area (Å²) in [7, 11) is 0. The molecule has 0 fully saturated rings. The molecule has 2 nitrogen and oxygen atoms in total. The molecule has 0 saturated heterocycles. The summed E-state index contributed by atoms with van der Waals surface area (Å²) in [6.45, 7) is 19.4. The van der Waals surface area contributed by atoms with Crippen molar-refractivity contribution < 1.29 is 9.47 Å². The molecule has 0 aromatic rings. The standard InChI is InChI=1S/C18H38O2/c1-15(2)9-13-19-17(5,6)11-12-18(7,8)20-14-10-16(3)4/h15-16H,9-14H2,1-8H3. The van der Waals surface area contributed by atoms with Crippen LogP contribution in [0.15, 0.2) is 0 Å². The maximum absolute atomic E-state index is 6.02. The molecule has 0 spiro atoms. The van der Waals surface area contributed by atoms with Gasteiger partial charge in [0.05, 0.1) is 11.2 Å². The minimum atomic E-state index is -0.0480. The summed E-state index contributed by atoms with van der Waals surface area (Å²) < 4.78 is 12.0. The highest BCUT2D eigenvalue weighted by Crippen LogP contribution is 2.25. The fraction of sp³-hybridized carbons (Fsp3) is 1.00. The average molecular weight is 286 g/mol. The van der Waals surface area contributed by atoms with Gasteiger partial charge in [-0.3, -0.25) is 0 Å². The number of hydrogen-bond acceptors (Lipinski definition) is 2. The lowest BCUT2D eigenvalue weighted by Crippen LogP contribution is -2.32. The molecule has 0 aromatic carbocycles. The zero-order valence-electron chi connectivity index (χ0n) is 15.2. The van der Waals surface area contributed by atoms with E-state index in [0.717, 1.165) is 38.9 Å². The first kappa shape index (κ1) is 19.9. The van der Waals surface area contributed by atoms with E-state index in [9.17, 15) is 0 Å². The van der Waals surface area contributed by atoms with Crippen molar-refractivity contribution in [2.24, 2.45) is 11.8 Å². The summed E-state index contributed by atoms with van der Waals surface area (Å²) in [5, 5.41) is 0. The second-order valence-corrected chi connectivity index (χ2v) is 8.08. The van der Waals surface area contributed by atoms with Gasteiger partial charge in [-0.05, 0) is 65.2 Å². The molecule has 0 atom stereocenters. The molecular formula is C18H38O2. The fourth-order valence-corrected chi connectivity index (χ4v) is 1.89. The fourth-order valence-electron chi connectivity index (χ4n) is 1.89. The first-order chi connectivity index (χ1) is 9.04. The Kier molecular flexibility index (Phi) is 9.01. The van der Waals surface area contributed by atoms with Crippen LogP contribution in [-0.4, -0.2) is 24.4 Å². The molecule has 0 N–H and O–H groups in total. The van der Waals surface area contributed by atoms with E-state index in [0.29, 0.717) is 11.8 Å². The van der Waals surface area contributed by atoms with Gasteiger partial charge in [-0.1, -0.05) is 27.7 Å². The summed E-state index contributed by atoms with van der Waals surface area (Å²) >= 11 is 0. The second kappa shape index (κ2) is 9.04. The molecule has 0 amide bonds. The molecule has 0 radical (unpaired) electrons. The predicted molar refractivity (Wildman–Crippen MR) is 88.2 cm³/mol. The van der Waals surface area contributed by atoms with Crippen molar-refractivity contribution in [1.29, 1.82) is 0 Å². The number of rotatable bonds is 11. The zero-order chi connectivity index (χ0) is 15.8. The van der Waals surface area contributed by atoms with E-state index in [1.807, 2.05) is 0 Å². The van der Waals surface area contributed by atoms with Crippen LogP contribution in [-0.2, 0) is 9.47 Å². The highest BCUT2D eigenvalue weighted by Gasteiger charge is 2.25. The van der Waals surface area contributed by atoms with Gasteiger partial charge >= 0.3 is 0 Å². The first-order valence-electron chi connectivity index (χ1n) is 8.32. The zero-order valence-corrected chi connectivity index (χ0v) is 15.2. The van der Waals surface area contributed by atoms with Crippen LogP contribution in [0, 0.1) is 11.8 Å². The Morgan fingerprint density at radius 1 is 0.650 bits per heavy atom. The van der Waals surface area contributed by atoms with E-state index in [1.54, 1.807) is 0 Å². The lowest BCUT2D eigenvalue weighted by atomic mass is 9.93. The van der Waals surface area contributed by atoms with Gasteiger partial charge in [-0.15, -0.1) is 0 Å². The minimum Gasteiger partial charge on any atom is -0.376 e. The van der Waals surface area contributed by atoms with Gasteiger partial charge in [0.25, 0.3) is 0 Å². The van der Waals surface area contributed by atoms with Crippen molar-refractivity contribution in [3.8, 4) is 0 Å². The van der Waals surface area contributed by atoms with Crippen LogP contribution in [0.5, 0.6) is 0 Å². The molecule has 0 aliphatic heterocycles. The van der Waals surface area contributed by atoms with E-state index in [2.05, 4.69) is 55.4 Å². The Balaban J connectivity index is 3.96. The summed E-state index contributed by atoms with van der Waals surface area (Å²) in [4.78, 5) is 0. The van der Waals surface area contributed by atoms with Crippen LogP contribution in [0.25, 0.3) is 0 Å². The van der Waals surface area contributed by atoms with Crippen LogP contribution < -0.4 is 0 Å². The monoisotopic (exact) mass is 286 g/mol. The van der Waals surface area contributed by atoms with Gasteiger partial charge in [0, 0.05) is 13.2 Å². The maximum Gasteiger partial charge on any atom is 0.0627 e. The summed E-state index contributed by atoms with van der Waals surface area (Å²) in [5.74, 6) is 1.42. The van der Waals surface area contributed by atoms with Crippen molar-refractivity contribution in [3.05, 3.63) is 0 Å². The van der Waals surface area contributed by atoms with Crippen LogP contribution in [0.1, 0.15) is 81.1 Å². The van der Waals surface area contributed by atoms with Crippen molar-refractivity contribution in [1.82, 2.24) is 0 Å². The van der Waals surface area contributed by atoms with E-state index in [-0.39, 0.29) is 11.2 Å². The molecule has 20 heavy (non-hydrogen) atoms. The second-order valence-electron chi connectivity index (χ2n) is 8.08. The molecule has 0 aliphatic rings. The van der Waals surface area contributed by atoms with Gasteiger partial charge in [0.1, 0.15) is 0 Å². The molecule has 0 saturated carbocycles. The van der Waals surface area contributed by atoms with Crippen LogP contribution in [0.2, 0.25) is 0 Å². The molecular weight excluding hydrogens is 248 g/mol. The molecule has 2 heteroatoms. The minimum absolute atomic E-state index is 0.0480. The summed E-state index contributed by atoms with van der Waals surface area (Å²) in [6.07, 6.45) is 4.36. The molecule has 0 heterocycles. The highest BCUT2D eigenvalue weighted by atomic mass is 16.5. The summed E-state index contributed by atoms with van der Waals surface area (Å²) in [6, 6.07) is 0. The SMILES string of the molecule is CC(C)CCOC(C)(C)CCC(C)(C)OCCC(C)C. The molecule has 0 aromatic heterocycles. The lowest BCUT2D eigenvalue weighted by Gasteiger charge is -2.32. The molecule has 0 bridgehead atoms. The van der Waals surface area contributed by atoms with E-state index < -0.39 is 0 Å². The van der Waals surface area contributed by atoms with Crippen molar-refractivity contribution in [3.63, 3.8) is 0 Å². The molecule has 0 rings (SSSR count). The van der Waals surface area contributed by atoms with Gasteiger partial charge in [0.15, 0.2) is 0 Å². The molecule has 0 unspecified atom stereocenters. The number of hydrogen-bond donors (Lipinski definition) is 0. The van der Waals surface area contributed by atoms with Gasteiger partial charge in [-0.2, -0.15) is 0 Å². The Labute approximate surface area is 127 Å². The third-order valence-corrected chi connectivity index (χ3v) is 3.71. The Morgan fingerprint density at radius 3 is 1.20 bits per heavy atom. The van der Waals surface area contributed by atoms with Crippen molar-refractivity contribution in [2.45, 2.75) is 92.3 Å². The smallest absolute Gasteiger partial charge is 0.0627 e. The van der Waals surface area contributed by atoms with Crippen molar-refractivity contribution in [2.75, 3.05) is 13.2 Å². The Bertz CT molecular complexity index is 216.